The summed E-state index contributed by atoms with van der Waals surface area (Å²) in [6.45, 7) is 3.34. The molecule has 0 aliphatic carbocycles. The number of rotatable bonds is 8. The molecule has 24 heavy (non-hydrogen) atoms. The average molecular weight is 325 g/mol. The highest BCUT2D eigenvalue weighted by atomic mass is 16.2. The predicted octanol–water partition coefficient (Wildman–Crippen LogP) is 3.43. The van der Waals surface area contributed by atoms with E-state index in [1.807, 2.05) is 43.3 Å². The number of nitrogens with zero attached hydrogens (tertiary/aromatic N) is 1. The molecule has 2 rings (SSSR count). The molecule has 4 heteroatoms. The van der Waals surface area contributed by atoms with Gasteiger partial charge in [0.1, 0.15) is 0 Å². The van der Waals surface area contributed by atoms with Gasteiger partial charge in [0.25, 0.3) is 0 Å². The van der Waals surface area contributed by atoms with Gasteiger partial charge in [-0.15, -0.1) is 0 Å². The Bertz CT molecular complexity index is 640. The van der Waals surface area contributed by atoms with Crippen LogP contribution in [-0.2, 0) is 11.3 Å². The van der Waals surface area contributed by atoms with Crippen molar-refractivity contribution >= 4 is 11.6 Å². The average Bonchev–Trinajstić information content (AvgIpc) is 2.56. The van der Waals surface area contributed by atoms with Gasteiger partial charge in [0.2, 0.25) is 5.91 Å². The van der Waals surface area contributed by atoms with Crippen molar-refractivity contribution in [2.45, 2.75) is 25.9 Å². The molecule has 0 aromatic heterocycles. The second-order valence-corrected chi connectivity index (χ2v) is 6.24. The van der Waals surface area contributed by atoms with Crippen molar-refractivity contribution in [3.8, 4) is 0 Å². The zero-order chi connectivity index (χ0) is 17.4. The number of nitrogens with one attached hydrogen (secondary N) is 2. The number of benzene rings is 2. The van der Waals surface area contributed by atoms with E-state index < -0.39 is 0 Å². The molecule has 0 bridgehead atoms. The van der Waals surface area contributed by atoms with E-state index >= 15 is 0 Å². The van der Waals surface area contributed by atoms with E-state index in [-0.39, 0.29) is 5.91 Å². The molecule has 0 aliphatic rings. The Balaban J connectivity index is 1.95. The van der Waals surface area contributed by atoms with E-state index in [2.05, 4.69) is 47.9 Å². The SMILES string of the molecule is CC[C@@H](NCc1cccc(NC(=O)CN(C)C)c1)c1ccccc1. The first kappa shape index (κ1) is 18.2. The standard InChI is InChI=1S/C20H27N3O/c1-4-19(17-10-6-5-7-11-17)21-14-16-9-8-12-18(13-16)22-20(24)15-23(2)3/h5-13,19,21H,4,14-15H2,1-3H3,(H,22,24)/t19-/m1/s1. The van der Waals surface area contributed by atoms with Crippen LogP contribution in [0.5, 0.6) is 0 Å². The van der Waals surface area contributed by atoms with Crippen LogP contribution in [0.1, 0.15) is 30.5 Å². The number of amides is 1. The van der Waals surface area contributed by atoms with Gasteiger partial charge in [0.05, 0.1) is 6.54 Å². The van der Waals surface area contributed by atoms with Crippen LogP contribution in [0.3, 0.4) is 0 Å². The van der Waals surface area contributed by atoms with Crippen molar-refractivity contribution in [2.75, 3.05) is 26.0 Å². The molecule has 0 radical (unpaired) electrons. The Morgan fingerprint density at radius 2 is 1.83 bits per heavy atom. The molecule has 4 nitrogen and oxygen atoms in total. The summed E-state index contributed by atoms with van der Waals surface area (Å²) >= 11 is 0. The topological polar surface area (TPSA) is 44.4 Å². The molecule has 2 aromatic rings. The molecule has 1 amide bonds. The third kappa shape index (κ3) is 5.80. The summed E-state index contributed by atoms with van der Waals surface area (Å²) in [6.07, 6.45) is 1.03. The maximum absolute atomic E-state index is 11.9. The molecule has 0 aliphatic heterocycles. The summed E-state index contributed by atoms with van der Waals surface area (Å²) in [5, 5.41) is 6.53. The largest absolute Gasteiger partial charge is 0.325 e. The normalized spacial score (nSPS) is 12.2. The molecular weight excluding hydrogens is 298 g/mol. The van der Waals surface area contributed by atoms with Crippen LogP contribution < -0.4 is 10.6 Å². The van der Waals surface area contributed by atoms with Gasteiger partial charge in [-0.05, 0) is 43.8 Å². The molecule has 128 valence electrons. The molecule has 2 N–H and O–H groups in total. The lowest BCUT2D eigenvalue weighted by atomic mass is 10.0. The number of carbonyl (C=O) groups is 1. The van der Waals surface area contributed by atoms with Crippen LogP contribution >= 0.6 is 0 Å². The Hall–Kier alpha value is -2.17. The Morgan fingerprint density at radius 1 is 1.08 bits per heavy atom. The fourth-order valence-electron chi connectivity index (χ4n) is 2.67. The van der Waals surface area contributed by atoms with E-state index in [0.717, 1.165) is 24.2 Å². The zero-order valence-electron chi connectivity index (χ0n) is 14.8. The highest BCUT2D eigenvalue weighted by Gasteiger charge is 2.08. The van der Waals surface area contributed by atoms with Crippen molar-refractivity contribution in [1.29, 1.82) is 0 Å². The lowest BCUT2D eigenvalue weighted by Gasteiger charge is -2.18. The van der Waals surface area contributed by atoms with Crippen molar-refractivity contribution in [1.82, 2.24) is 10.2 Å². The third-order valence-corrected chi connectivity index (χ3v) is 3.83. The van der Waals surface area contributed by atoms with E-state index in [4.69, 9.17) is 0 Å². The summed E-state index contributed by atoms with van der Waals surface area (Å²) in [6, 6.07) is 18.8. The summed E-state index contributed by atoms with van der Waals surface area (Å²) in [7, 11) is 3.77. The van der Waals surface area contributed by atoms with Gasteiger partial charge in [-0.25, -0.2) is 0 Å². The van der Waals surface area contributed by atoms with Gasteiger partial charge in [0.15, 0.2) is 0 Å². The number of carbonyl (C=O) groups excluding carboxylic acids is 1. The minimum atomic E-state index is 0.000768. The van der Waals surface area contributed by atoms with Gasteiger partial charge >= 0.3 is 0 Å². The maximum Gasteiger partial charge on any atom is 0.238 e. The molecule has 0 spiro atoms. The number of hydrogen-bond acceptors (Lipinski definition) is 3. The first-order chi connectivity index (χ1) is 11.6. The molecule has 2 aromatic carbocycles. The van der Waals surface area contributed by atoms with Gasteiger partial charge in [-0.3, -0.25) is 4.79 Å². The molecule has 0 fully saturated rings. The van der Waals surface area contributed by atoms with E-state index in [9.17, 15) is 4.79 Å². The highest BCUT2D eigenvalue weighted by molar-refractivity contribution is 5.92. The smallest absolute Gasteiger partial charge is 0.238 e. The first-order valence-corrected chi connectivity index (χ1v) is 8.40. The summed E-state index contributed by atoms with van der Waals surface area (Å²) in [4.78, 5) is 13.7. The van der Waals surface area contributed by atoms with E-state index in [0.29, 0.717) is 12.6 Å². The monoisotopic (exact) mass is 325 g/mol. The molecule has 0 heterocycles. The summed E-state index contributed by atoms with van der Waals surface area (Å²) in [5.74, 6) is 0.000768. The number of hydrogen-bond donors (Lipinski definition) is 2. The first-order valence-electron chi connectivity index (χ1n) is 8.40. The van der Waals surface area contributed by atoms with Gasteiger partial charge in [-0.1, -0.05) is 49.4 Å². The lowest BCUT2D eigenvalue weighted by Crippen LogP contribution is -2.27. The van der Waals surface area contributed by atoms with Gasteiger partial charge in [0, 0.05) is 18.3 Å². The van der Waals surface area contributed by atoms with Crippen LogP contribution in [-0.4, -0.2) is 31.4 Å². The maximum atomic E-state index is 11.9. The predicted molar refractivity (Wildman–Crippen MR) is 99.9 cm³/mol. The van der Waals surface area contributed by atoms with Crippen molar-refractivity contribution in [3.63, 3.8) is 0 Å². The third-order valence-electron chi connectivity index (χ3n) is 3.83. The minimum Gasteiger partial charge on any atom is -0.325 e. The minimum absolute atomic E-state index is 0.000768. The fraction of sp³-hybridized carbons (Fsp3) is 0.350. The Kier molecular flexibility index (Phi) is 6.97. The molecule has 0 unspecified atom stereocenters. The van der Waals surface area contributed by atoms with E-state index in [1.165, 1.54) is 5.56 Å². The van der Waals surface area contributed by atoms with Crippen LogP contribution in [0, 0.1) is 0 Å². The van der Waals surface area contributed by atoms with Crippen LogP contribution in [0.25, 0.3) is 0 Å². The molecule has 1 atom stereocenters. The van der Waals surface area contributed by atoms with Gasteiger partial charge < -0.3 is 15.5 Å². The van der Waals surface area contributed by atoms with Crippen molar-refractivity contribution in [2.24, 2.45) is 0 Å². The fourth-order valence-corrected chi connectivity index (χ4v) is 2.67. The van der Waals surface area contributed by atoms with Crippen molar-refractivity contribution in [3.05, 3.63) is 65.7 Å². The van der Waals surface area contributed by atoms with Crippen LogP contribution in [0.2, 0.25) is 0 Å². The second-order valence-electron chi connectivity index (χ2n) is 6.24. The zero-order valence-corrected chi connectivity index (χ0v) is 14.8. The van der Waals surface area contributed by atoms with Gasteiger partial charge in [-0.2, -0.15) is 0 Å². The molecular formula is C20H27N3O. The Morgan fingerprint density at radius 3 is 2.50 bits per heavy atom. The number of anilines is 1. The van der Waals surface area contributed by atoms with E-state index in [1.54, 1.807) is 0 Å². The highest BCUT2D eigenvalue weighted by Crippen LogP contribution is 2.17. The molecule has 0 saturated carbocycles. The summed E-state index contributed by atoms with van der Waals surface area (Å²) < 4.78 is 0. The second kappa shape index (κ2) is 9.21. The van der Waals surface area contributed by atoms with Crippen molar-refractivity contribution < 1.29 is 4.79 Å². The van der Waals surface area contributed by atoms with Crippen LogP contribution in [0.15, 0.2) is 54.6 Å². The van der Waals surface area contributed by atoms with Crippen LogP contribution in [0.4, 0.5) is 5.69 Å². The molecule has 0 saturated heterocycles. The Labute approximate surface area is 144 Å². The quantitative estimate of drug-likeness (QED) is 0.781. The summed E-state index contributed by atoms with van der Waals surface area (Å²) in [5.41, 5.74) is 3.30. The lowest BCUT2D eigenvalue weighted by molar-refractivity contribution is -0.116. The number of likely N-dealkylation sites (N-methyl/N-ethyl adjacent to an activating group) is 1.